The Morgan fingerprint density at radius 3 is 2.85 bits per heavy atom. The van der Waals surface area contributed by atoms with E-state index in [9.17, 15) is 4.79 Å². The molecule has 1 saturated carbocycles. The molecule has 1 aromatic rings. The van der Waals surface area contributed by atoms with E-state index in [0.29, 0.717) is 37.1 Å². The molecule has 0 radical (unpaired) electrons. The molecule has 0 amide bonds. The molecule has 2 heterocycles. The van der Waals surface area contributed by atoms with Crippen LogP contribution < -0.4 is 4.90 Å². The lowest BCUT2D eigenvalue weighted by Crippen LogP contribution is -2.38. The Bertz CT molecular complexity index is 496. The third-order valence-electron chi connectivity index (χ3n) is 3.54. The summed E-state index contributed by atoms with van der Waals surface area (Å²) in [5.41, 5.74) is 0.457. The molecule has 3 rings (SSSR count). The molecule has 6 heteroatoms. The number of nitrogens with zero attached hydrogens (tertiary/aromatic N) is 3. The number of hydrogen-bond acceptors (Lipinski definition) is 6. The molecule has 1 aromatic heterocycles. The number of ether oxygens (including phenoxy) is 2. The van der Waals surface area contributed by atoms with Crippen LogP contribution in [0.4, 0.5) is 5.82 Å². The standard InChI is InChI=1S/C14H19N3O3/c1-2-20-14(18)11-9-15-12(10-3-4-10)16-13(11)17-5-7-19-8-6-17/h9-10H,2-8H2,1H3. The first-order valence-electron chi connectivity index (χ1n) is 7.16. The maximum absolute atomic E-state index is 12.0. The van der Waals surface area contributed by atoms with Crippen molar-refractivity contribution in [3.05, 3.63) is 17.6 Å². The van der Waals surface area contributed by atoms with Crippen molar-refractivity contribution in [2.45, 2.75) is 25.7 Å². The average molecular weight is 277 g/mol. The van der Waals surface area contributed by atoms with Gasteiger partial charge in [0.25, 0.3) is 0 Å². The fourth-order valence-corrected chi connectivity index (χ4v) is 2.29. The van der Waals surface area contributed by atoms with Crippen LogP contribution in [0, 0.1) is 0 Å². The fourth-order valence-electron chi connectivity index (χ4n) is 2.29. The van der Waals surface area contributed by atoms with Crippen LogP contribution in [0.5, 0.6) is 0 Å². The number of carbonyl (C=O) groups excluding carboxylic acids is 1. The molecule has 2 fully saturated rings. The maximum Gasteiger partial charge on any atom is 0.343 e. The summed E-state index contributed by atoms with van der Waals surface area (Å²) in [5.74, 6) is 1.66. The van der Waals surface area contributed by atoms with E-state index in [1.807, 2.05) is 0 Å². The van der Waals surface area contributed by atoms with Crippen molar-refractivity contribution in [3.8, 4) is 0 Å². The number of aromatic nitrogens is 2. The van der Waals surface area contributed by atoms with Gasteiger partial charge in [0.05, 0.1) is 19.8 Å². The molecular formula is C14H19N3O3. The predicted octanol–water partition coefficient (Wildman–Crippen LogP) is 1.37. The van der Waals surface area contributed by atoms with Gasteiger partial charge in [0.1, 0.15) is 17.2 Å². The van der Waals surface area contributed by atoms with Crippen molar-refractivity contribution in [2.75, 3.05) is 37.8 Å². The van der Waals surface area contributed by atoms with Gasteiger partial charge in [-0.1, -0.05) is 0 Å². The van der Waals surface area contributed by atoms with Crippen molar-refractivity contribution >= 4 is 11.8 Å². The highest BCUT2D eigenvalue weighted by Gasteiger charge is 2.29. The van der Waals surface area contributed by atoms with Crippen LogP contribution >= 0.6 is 0 Å². The fraction of sp³-hybridized carbons (Fsp3) is 0.643. The van der Waals surface area contributed by atoms with Crippen LogP contribution in [0.15, 0.2) is 6.20 Å². The summed E-state index contributed by atoms with van der Waals surface area (Å²) in [6.45, 7) is 4.95. The summed E-state index contributed by atoms with van der Waals surface area (Å²) in [6.07, 6.45) is 3.89. The lowest BCUT2D eigenvalue weighted by atomic mass is 10.2. The molecule has 0 unspecified atom stereocenters. The van der Waals surface area contributed by atoms with E-state index in [1.165, 1.54) is 0 Å². The highest BCUT2D eigenvalue weighted by Crippen LogP contribution is 2.38. The zero-order chi connectivity index (χ0) is 13.9. The summed E-state index contributed by atoms with van der Waals surface area (Å²) >= 11 is 0. The van der Waals surface area contributed by atoms with Gasteiger partial charge in [-0.2, -0.15) is 0 Å². The lowest BCUT2D eigenvalue weighted by Gasteiger charge is -2.29. The lowest BCUT2D eigenvalue weighted by molar-refractivity contribution is 0.0525. The minimum Gasteiger partial charge on any atom is -0.462 e. The quantitative estimate of drug-likeness (QED) is 0.774. The van der Waals surface area contributed by atoms with Crippen molar-refractivity contribution in [1.29, 1.82) is 0 Å². The highest BCUT2D eigenvalue weighted by atomic mass is 16.5. The molecule has 1 saturated heterocycles. The first-order valence-corrected chi connectivity index (χ1v) is 7.16. The van der Waals surface area contributed by atoms with Crippen LogP contribution in [0.25, 0.3) is 0 Å². The van der Waals surface area contributed by atoms with E-state index < -0.39 is 0 Å². The molecule has 6 nitrogen and oxygen atoms in total. The zero-order valence-corrected chi connectivity index (χ0v) is 11.7. The van der Waals surface area contributed by atoms with Crippen molar-refractivity contribution in [1.82, 2.24) is 9.97 Å². The van der Waals surface area contributed by atoms with E-state index in [1.54, 1.807) is 13.1 Å². The van der Waals surface area contributed by atoms with Gasteiger partial charge in [0.15, 0.2) is 0 Å². The monoisotopic (exact) mass is 277 g/mol. The molecule has 0 bridgehead atoms. The van der Waals surface area contributed by atoms with Crippen molar-refractivity contribution in [2.24, 2.45) is 0 Å². The Balaban J connectivity index is 1.92. The molecular weight excluding hydrogens is 258 g/mol. The van der Waals surface area contributed by atoms with Crippen LogP contribution in [0.3, 0.4) is 0 Å². The number of rotatable bonds is 4. The van der Waals surface area contributed by atoms with Gasteiger partial charge in [-0.15, -0.1) is 0 Å². The second-order valence-electron chi connectivity index (χ2n) is 5.06. The van der Waals surface area contributed by atoms with Gasteiger partial charge in [0, 0.05) is 25.2 Å². The number of anilines is 1. The summed E-state index contributed by atoms with van der Waals surface area (Å²) in [5, 5.41) is 0. The third-order valence-corrected chi connectivity index (χ3v) is 3.54. The van der Waals surface area contributed by atoms with Gasteiger partial charge >= 0.3 is 5.97 Å². The van der Waals surface area contributed by atoms with Gasteiger partial charge in [0.2, 0.25) is 0 Å². The largest absolute Gasteiger partial charge is 0.462 e. The van der Waals surface area contributed by atoms with Crippen molar-refractivity contribution in [3.63, 3.8) is 0 Å². The minimum atomic E-state index is -0.351. The van der Waals surface area contributed by atoms with Gasteiger partial charge < -0.3 is 14.4 Å². The van der Waals surface area contributed by atoms with E-state index in [2.05, 4.69) is 14.9 Å². The Kier molecular flexibility index (Phi) is 3.82. The molecule has 0 N–H and O–H groups in total. The van der Waals surface area contributed by atoms with Crippen molar-refractivity contribution < 1.29 is 14.3 Å². The molecule has 0 spiro atoms. The van der Waals surface area contributed by atoms with E-state index in [0.717, 1.165) is 31.8 Å². The van der Waals surface area contributed by atoms with Crippen LogP contribution in [-0.2, 0) is 9.47 Å². The zero-order valence-electron chi connectivity index (χ0n) is 11.7. The second-order valence-corrected chi connectivity index (χ2v) is 5.06. The molecule has 1 aliphatic heterocycles. The molecule has 0 aromatic carbocycles. The van der Waals surface area contributed by atoms with E-state index >= 15 is 0 Å². The molecule has 108 valence electrons. The Morgan fingerprint density at radius 2 is 2.20 bits per heavy atom. The maximum atomic E-state index is 12.0. The summed E-state index contributed by atoms with van der Waals surface area (Å²) < 4.78 is 10.5. The Morgan fingerprint density at radius 1 is 1.45 bits per heavy atom. The number of esters is 1. The SMILES string of the molecule is CCOC(=O)c1cnc(C2CC2)nc1N1CCOCC1. The topological polar surface area (TPSA) is 64.5 Å². The molecule has 2 aliphatic rings. The smallest absolute Gasteiger partial charge is 0.343 e. The van der Waals surface area contributed by atoms with Crippen LogP contribution in [-0.4, -0.2) is 48.8 Å². The molecule has 1 aliphatic carbocycles. The van der Waals surface area contributed by atoms with E-state index in [-0.39, 0.29) is 5.97 Å². The number of hydrogen-bond donors (Lipinski definition) is 0. The van der Waals surface area contributed by atoms with Crippen LogP contribution in [0.2, 0.25) is 0 Å². The molecule has 0 atom stereocenters. The first kappa shape index (κ1) is 13.3. The third kappa shape index (κ3) is 2.75. The summed E-state index contributed by atoms with van der Waals surface area (Å²) in [4.78, 5) is 23.1. The predicted molar refractivity (Wildman–Crippen MR) is 73.0 cm³/mol. The van der Waals surface area contributed by atoms with Gasteiger partial charge in [-0.05, 0) is 19.8 Å². The Labute approximate surface area is 118 Å². The van der Waals surface area contributed by atoms with Gasteiger partial charge in [-0.3, -0.25) is 0 Å². The normalized spacial score (nSPS) is 18.9. The number of carbonyl (C=O) groups is 1. The average Bonchev–Trinajstić information content (AvgIpc) is 3.32. The summed E-state index contributed by atoms with van der Waals surface area (Å²) in [7, 11) is 0. The Hall–Kier alpha value is -1.69. The van der Waals surface area contributed by atoms with E-state index in [4.69, 9.17) is 9.47 Å². The molecule has 20 heavy (non-hydrogen) atoms. The summed E-state index contributed by atoms with van der Waals surface area (Å²) in [6, 6.07) is 0. The minimum absolute atomic E-state index is 0.351. The van der Waals surface area contributed by atoms with Gasteiger partial charge in [-0.25, -0.2) is 14.8 Å². The highest BCUT2D eigenvalue weighted by molar-refractivity contribution is 5.94. The number of morpholine rings is 1. The first-order chi connectivity index (χ1) is 9.79. The second kappa shape index (κ2) is 5.75. The van der Waals surface area contributed by atoms with Crippen LogP contribution in [0.1, 0.15) is 41.9 Å².